The fraction of sp³-hybridized carbons (Fsp3) is 0.400. The van der Waals surface area contributed by atoms with Gasteiger partial charge in [0.15, 0.2) is 0 Å². The second kappa shape index (κ2) is 10.9. The molecular weight excluding hydrogens is 423 g/mol. The van der Waals surface area contributed by atoms with Gasteiger partial charge < -0.3 is 20.4 Å². The Bertz CT molecular complexity index is 983. The van der Waals surface area contributed by atoms with Gasteiger partial charge in [-0.15, -0.1) is 0 Å². The molecule has 0 aliphatic carbocycles. The highest BCUT2D eigenvalue weighted by molar-refractivity contribution is 5.97. The second-order valence-corrected chi connectivity index (χ2v) is 8.63. The van der Waals surface area contributed by atoms with E-state index in [1.165, 1.54) is 18.2 Å². The van der Waals surface area contributed by atoms with Gasteiger partial charge in [0.05, 0.1) is 5.56 Å². The predicted molar refractivity (Wildman–Crippen MR) is 124 cm³/mol. The van der Waals surface area contributed by atoms with Gasteiger partial charge in [-0.2, -0.15) is 0 Å². The predicted octanol–water partition coefficient (Wildman–Crippen LogP) is 2.82. The highest BCUT2D eigenvalue weighted by atomic mass is 19.1. The van der Waals surface area contributed by atoms with Crippen molar-refractivity contribution >= 4 is 17.8 Å². The summed E-state index contributed by atoms with van der Waals surface area (Å²) in [5, 5.41) is 5.61. The number of carbonyl (C=O) groups is 3. The van der Waals surface area contributed by atoms with Crippen LogP contribution in [0.2, 0.25) is 0 Å². The molecule has 2 aromatic rings. The number of rotatable bonds is 6. The fourth-order valence-corrected chi connectivity index (χ4v) is 3.94. The summed E-state index contributed by atoms with van der Waals surface area (Å²) in [5.41, 5.74) is 0.777. The number of hydrogen-bond donors (Lipinski definition) is 2. The summed E-state index contributed by atoms with van der Waals surface area (Å²) in [5.74, 6) is -1.52. The molecule has 2 unspecified atom stereocenters. The molecule has 0 aromatic heterocycles. The van der Waals surface area contributed by atoms with Gasteiger partial charge >= 0.3 is 6.03 Å². The molecule has 2 N–H and O–H groups in total. The topological polar surface area (TPSA) is 81.8 Å². The highest BCUT2D eigenvalue weighted by Gasteiger charge is 2.34. The molecule has 7 nitrogen and oxygen atoms in total. The van der Waals surface area contributed by atoms with Crippen LogP contribution in [-0.2, 0) is 11.2 Å². The van der Waals surface area contributed by atoms with Gasteiger partial charge in [-0.25, -0.2) is 9.18 Å². The third-order valence-corrected chi connectivity index (χ3v) is 5.62. The number of carbonyl (C=O) groups excluding carboxylic acids is 3. The van der Waals surface area contributed by atoms with E-state index in [0.29, 0.717) is 19.6 Å². The Balaban J connectivity index is 1.74. The zero-order valence-electron chi connectivity index (χ0n) is 19.3. The highest BCUT2D eigenvalue weighted by Crippen LogP contribution is 2.15. The Kier molecular flexibility index (Phi) is 8.03. The number of urea groups is 1. The lowest BCUT2D eigenvalue weighted by Gasteiger charge is -2.41. The number of piperazine rings is 1. The van der Waals surface area contributed by atoms with E-state index in [9.17, 15) is 18.8 Å². The van der Waals surface area contributed by atoms with Gasteiger partial charge in [0.2, 0.25) is 5.91 Å². The molecule has 0 bridgehead atoms. The SMILES string of the molecule is CC(C)NC(=O)N1CCN(C(=O)C(Cc2ccccc2)NC(=O)c2ccccc2F)CC1C. The Labute approximate surface area is 193 Å². The molecule has 2 aromatic carbocycles. The molecule has 2 atom stereocenters. The van der Waals surface area contributed by atoms with Crippen LogP contribution < -0.4 is 10.6 Å². The van der Waals surface area contributed by atoms with Crippen molar-refractivity contribution in [2.24, 2.45) is 0 Å². The average Bonchev–Trinajstić information content (AvgIpc) is 2.78. The number of benzene rings is 2. The number of halogens is 1. The Morgan fingerprint density at radius 1 is 1.00 bits per heavy atom. The van der Waals surface area contributed by atoms with E-state index in [0.717, 1.165) is 5.56 Å². The summed E-state index contributed by atoms with van der Waals surface area (Å²) < 4.78 is 14.1. The minimum absolute atomic E-state index is 0.0215. The maximum absolute atomic E-state index is 14.1. The molecule has 3 rings (SSSR count). The van der Waals surface area contributed by atoms with Crippen molar-refractivity contribution in [3.05, 3.63) is 71.5 Å². The van der Waals surface area contributed by atoms with Crippen molar-refractivity contribution in [3.63, 3.8) is 0 Å². The van der Waals surface area contributed by atoms with Gasteiger partial charge in [0.1, 0.15) is 11.9 Å². The smallest absolute Gasteiger partial charge is 0.317 e. The molecular formula is C25H31FN4O3. The molecule has 176 valence electrons. The number of nitrogens with one attached hydrogen (secondary N) is 2. The molecule has 33 heavy (non-hydrogen) atoms. The van der Waals surface area contributed by atoms with Crippen LogP contribution in [-0.4, -0.2) is 65.4 Å². The maximum Gasteiger partial charge on any atom is 0.317 e. The van der Waals surface area contributed by atoms with Gasteiger partial charge in [0.25, 0.3) is 5.91 Å². The lowest BCUT2D eigenvalue weighted by atomic mass is 10.0. The summed E-state index contributed by atoms with van der Waals surface area (Å²) in [6.07, 6.45) is 0.280. The lowest BCUT2D eigenvalue weighted by Crippen LogP contribution is -2.61. The first-order valence-electron chi connectivity index (χ1n) is 11.2. The van der Waals surface area contributed by atoms with Crippen molar-refractivity contribution in [2.45, 2.75) is 45.3 Å². The van der Waals surface area contributed by atoms with Crippen LogP contribution in [0.3, 0.4) is 0 Å². The summed E-state index contributed by atoms with van der Waals surface area (Å²) in [6, 6.07) is 13.9. The Morgan fingerprint density at radius 3 is 2.30 bits per heavy atom. The Hall–Kier alpha value is -3.42. The quantitative estimate of drug-likeness (QED) is 0.704. The van der Waals surface area contributed by atoms with E-state index in [1.807, 2.05) is 51.1 Å². The van der Waals surface area contributed by atoms with Gasteiger partial charge in [-0.3, -0.25) is 9.59 Å². The molecule has 0 spiro atoms. The summed E-state index contributed by atoms with van der Waals surface area (Å²) >= 11 is 0. The van der Waals surface area contributed by atoms with E-state index < -0.39 is 17.8 Å². The van der Waals surface area contributed by atoms with E-state index in [2.05, 4.69) is 10.6 Å². The lowest BCUT2D eigenvalue weighted by molar-refractivity contribution is -0.135. The minimum Gasteiger partial charge on any atom is -0.340 e. The first-order valence-corrected chi connectivity index (χ1v) is 11.2. The van der Waals surface area contributed by atoms with E-state index in [-0.39, 0.29) is 36.0 Å². The summed E-state index contributed by atoms with van der Waals surface area (Å²) in [7, 11) is 0. The van der Waals surface area contributed by atoms with Crippen molar-refractivity contribution in [1.82, 2.24) is 20.4 Å². The molecule has 1 saturated heterocycles. The third-order valence-electron chi connectivity index (χ3n) is 5.62. The second-order valence-electron chi connectivity index (χ2n) is 8.63. The first kappa shape index (κ1) is 24.2. The molecule has 1 fully saturated rings. The summed E-state index contributed by atoms with van der Waals surface area (Å²) in [4.78, 5) is 42.0. The zero-order valence-corrected chi connectivity index (χ0v) is 19.3. The van der Waals surface area contributed by atoms with Crippen molar-refractivity contribution in [2.75, 3.05) is 19.6 Å². The average molecular weight is 455 g/mol. The van der Waals surface area contributed by atoms with Crippen LogP contribution in [0.15, 0.2) is 54.6 Å². The molecule has 1 aliphatic rings. The zero-order chi connectivity index (χ0) is 24.0. The standard InChI is InChI=1S/C25H31FN4O3/c1-17(2)27-25(33)30-14-13-29(16-18(30)3)24(32)22(15-19-9-5-4-6-10-19)28-23(31)20-11-7-8-12-21(20)26/h4-12,17-18,22H,13-16H2,1-3H3,(H,27,33)(H,28,31). The van der Waals surface area contributed by atoms with Crippen LogP contribution in [0.5, 0.6) is 0 Å². The van der Waals surface area contributed by atoms with Crippen molar-refractivity contribution in [3.8, 4) is 0 Å². The molecule has 4 amide bonds. The number of hydrogen-bond acceptors (Lipinski definition) is 3. The fourth-order valence-electron chi connectivity index (χ4n) is 3.94. The third kappa shape index (κ3) is 6.31. The van der Waals surface area contributed by atoms with Crippen LogP contribution >= 0.6 is 0 Å². The monoisotopic (exact) mass is 454 g/mol. The van der Waals surface area contributed by atoms with E-state index >= 15 is 0 Å². The van der Waals surface area contributed by atoms with Gasteiger partial charge in [0, 0.05) is 38.1 Å². The minimum atomic E-state index is -0.859. The number of amides is 4. The van der Waals surface area contributed by atoms with Gasteiger partial charge in [-0.1, -0.05) is 42.5 Å². The molecule has 8 heteroatoms. The molecule has 0 saturated carbocycles. The van der Waals surface area contributed by atoms with E-state index in [1.54, 1.807) is 15.9 Å². The van der Waals surface area contributed by atoms with E-state index in [4.69, 9.17) is 0 Å². The van der Waals surface area contributed by atoms with Gasteiger partial charge in [-0.05, 0) is 38.5 Å². The largest absolute Gasteiger partial charge is 0.340 e. The van der Waals surface area contributed by atoms with Crippen LogP contribution in [0, 0.1) is 5.82 Å². The van der Waals surface area contributed by atoms with Crippen molar-refractivity contribution in [1.29, 1.82) is 0 Å². The maximum atomic E-state index is 14.1. The van der Waals surface area contributed by atoms with Crippen LogP contribution in [0.4, 0.5) is 9.18 Å². The molecule has 1 heterocycles. The first-order chi connectivity index (χ1) is 15.8. The molecule has 0 radical (unpaired) electrons. The summed E-state index contributed by atoms with van der Waals surface area (Å²) in [6.45, 7) is 6.79. The Morgan fingerprint density at radius 2 is 1.67 bits per heavy atom. The van der Waals surface area contributed by atoms with Crippen molar-refractivity contribution < 1.29 is 18.8 Å². The normalized spacial score (nSPS) is 16.9. The van der Waals surface area contributed by atoms with Crippen LogP contribution in [0.25, 0.3) is 0 Å². The molecule has 1 aliphatic heterocycles. The number of nitrogens with zero attached hydrogens (tertiary/aromatic N) is 2. The van der Waals surface area contributed by atoms with Crippen LogP contribution in [0.1, 0.15) is 36.7 Å².